The summed E-state index contributed by atoms with van der Waals surface area (Å²) in [5.41, 5.74) is 4.73. The van der Waals surface area contributed by atoms with Crippen LogP contribution in [0.1, 0.15) is 5.56 Å². The second kappa shape index (κ2) is 5.33. The van der Waals surface area contributed by atoms with E-state index in [9.17, 15) is 10.1 Å². The van der Waals surface area contributed by atoms with Gasteiger partial charge in [-0.25, -0.2) is 15.0 Å². The number of fused-ring (bicyclic) bond motifs is 1. The fourth-order valence-corrected chi connectivity index (χ4v) is 1.70. The van der Waals surface area contributed by atoms with Gasteiger partial charge in [0.1, 0.15) is 11.8 Å². The molecular weight excluding hydrogens is 274 g/mol. The summed E-state index contributed by atoms with van der Waals surface area (Å²) in [5.74, 6) is 0.496. The molecule has 3 rings (SSSR count). The number of benzene rings is 1. The maximum atomic E-state index is 10.5. The van der Waals surface area contributed by atoms with Crippen LogP contribution in [0.25, 0.3) is 11.2 Å². The third-order valence-electron chi connectivity index (χ3n) is 2.71. The number of imidazole rings is 1. The van der Waals surface area contributed by atoms with Gasteiger partial charge < -0.3 is 4.98 Å². The average Bonchev–Trinajstić information content (AvgIpc) is 2.97. The second-order valence-electron chi connectivity index (χ2n) is 4.04. The number of hydrogen-bond acceptors (Lipinski definition) is 7. The lowest BCUT2D eigenvalue weighted by atomic mass is 10.2. The number of nitrogens with one attached hydrogen (secondary N) is 2. The highest BCUT2D eigenvalue weighted by atomic mass is 16.6. The molecule has 0 spiro atoms. The predicted octanol–water partition coefficient (Wildman–Crippen LogP) is 1.71. The van der Waals surface area contributed by atoms with Crippen LogP contribution in [0.5, 0.6) is 0 Å². The van der Waals surface area contributed by atoms with Crippen molar-refractivity contribution in [2.45, 2.75) is 0 Å². The summed E-state index contributed by atoms with van der Waals surface area (Å²) in [6.07, 6.45) is 4.44. The molecule has 0 atom stereocenters. The van der Waals surface area contributed by atoms with Gasteiger partial charge in [-0.1, -0.05) is 0 Å². The molecule has 104 valence electrons. The largest absolute Gasteiger partial charge is 0.340 e. The first-order valence-corrected chi connectivity index (χ1v) is 5.91. The highest BCUT2D eigenvalue weighted by molar-refractivity contribution is 5.84. The van der Waals surface area contributed by atoms with Crippen LogP contribution in [-0.2, 0) is 0 Å². The van der Waals surface area contributed by atoms with Gasteiger partial charge in [-0.15, -0.1) is 0 Å². The molecule has 2 aromatic heterocycles. The Morgan fingerprint density at radius 2 is 2.05 bits per heavy atom. The number of H-pyrrole nitrogens is 1. The van der Waals surface area contributed by atoms with Crippen LogP contribution in [0.15, 0.2) is 42.0 Å². The molecule has 0 amide bonds. The van der Waals surface area contributed by atoms with E-state index in [1.165, 1.54) is 31.0 Å². The highest BCUT2D eigenvalue weighted by Crippen LogP contribution is 2.14. The van der Waals surface area contributed by atoms with Crippen molar-refractivity contribution in [3.05, 3.63) is 52.6 Å². The SMILES string of the molecule is O=[N+]([O-])c1ccc(/C=N\Nc2ncnc3nc[nH]c23)cc1. The van der Waals surface area contributed by atoms with E-state index in [2.05, 4.69) is 30.5 Å². The normalized spacial score (nSPS) is 11.0. The van der Waals surface area contributed by atoms with E-state index in [-0.39, 0.29) is 5.69 Å². The van der Waals surface area contributed by atoms with Crippen molar-refractivity contribution in [2.24, 2.45) is 5.10 Å². The number of non-ortho nitro benzene ring substituents is 1. The van der Waals surface area contributed by atoms with E-state index in [4.69, 9.17) is 0 Å². The summed E-state index contributed by atoms with van der Waals surface area (Å²) in [6.45, 7) is 0. The number of rotatable bonds is 4. The molecule has 0 saturated heterocycles. The topological polar surface area (TPSA) is 122 Å². The third kappa shape index (κ3) is 2.66. The first-order valence-electron chi connectivity index (χ1n) is 5.91. The smallest absolute Gasteiger partial charge is 0.269 e. The Morgan fingerprint density at radius 3 is 2.81 bits per heavy atom. The number of nitro groups is 1. The Kier molecular flexibility index (Phi) is 3.21. The number of hydrogen-bond donors (Lipinski definition) is 2. The maximum absolute atomic E-state index is 10.5. The number of hydrazone groups is 1. The standard InChI is InChI=1S/C12H9N7O2/c20-19(21)9-3-1-8(2-4-9)5-17-18-12-10-11(14-6-13-10)15-7-16-12/h1-7H,(H2,13,14,15,16,18)/b17-5-. The Labute approximate surface area is 117 Å². The zero-order valence-corrected chi connectivity index (χ0v) is 10.6. The summed E-state index contributed by atoms with van der Waals surface area (Å²) in [7, 11) is 0. The molecule has 0 saturated carbocycles. The lowest BCUT2D eigenvalue weighted by Gasteiger charge is -1.99. The van der Waals surface area contributed by atoms with Crippen LogP contribution >= 0.6 is 0 Å². The van der Waals surface area contributed by atoms with Crippen molar-refractivity contribution in [3.63, 3.8) is 0 Å². The van der Waals surface area contributed by atoms with Gasteiger partial charge in [-0.05, 0) is 17.7 Å². The Hall–Kier alpha value is -3.36. The number of aromatic nitrogens is 4. The second-order valence-corrected chi connectivity index (χ2v) is 4.04. The lowest BCUT2D eigenvalue weighted by Crippen LogP contribution is -1.96. The van der Waals surface area contributed by atoms with Crippen LogP contribution in [0.3, 0.4) is 0 Å². The van der Waals surface area contributed by atoms with E-state index in [1.54, 1.807) is 12.1 Å². The Morgan fingerprint density at radius 1 is 1.24 bits per heavy atom. The van der Waals surface area contributed by atoms with Gasteiger partial charge in [0, 0.05) is 12.1 Å². The summed E-state index contributed by atoms with van der Waals surface area (Å²) in [6, 6.07) is 6.04. The molecular formula is C12H9N7O2. The number of aromatic amines is 1. The number of nitrogens with zero attached hydrogens (tertiary/aromatic N) is 5. The molecule has 9 heteroatoms. The minimum atomic E-state index is -0.449. The third-order valence-corrected chi connectivity index (χ3v) is 2.71. The molecule has 2 N–H and O–H groups in total. The van der Waals surface area contributed by atoms with Gasteiger partial charge in [0.05, 0.1) is 17.5 Å². The fourth-order valence-electron chi connectivity index (χ4n) is 1.70. The van der Waals surface area contributed by atoms with Gasteiger partial charge in [-0.3, -0.25) is 15.5 Å². The first-order chi connectivity index (χ1) is 10.2. The minimum Gasteiger partial charge on any atom is -0.340 e. The van der Waals surface area contributed by atoms with Crippen molar-refractivity contribution in [1.82, 2.24) is 19.9 Å². The molecule has 1 aromatic carbocycles. The maximum Gasteiger partial charge on any atom is 0.269 e. The van der Waals surface area contributed by atoms with E-state index in [0.29, 0.717) is 17.0 Å². The van der Waals surface area contributed by atoms with Gasteiger partial charge in [0.25, 0.3) is 5.69 Å². The monoisotopic (exact) mass is 283 g/mol. The molecule has 0 aliphatic rings. The van der Waals surface area contributed by atoms with Crippen LogP contribution in [-0.4, -0.2) is 31.1 Å². The van der Waals surface area contributed by atoms with Crippen LogP contribution < -0.4 is 5.43 Å². The van der Waals surface area contributed by atoms with Gasteiger partial charge in [0.2, 0.25) is 0 Å². The molecule has 9 nitrogen and oxygen atoms in total. The fraction of sp³-hybridized carbons (Fsp3) is 0. The zero-order valence-electron chi connectivity index (χ0n) is 10.6. The lowest BCUT2D eigenvalue weighted by molar-refractivity contribution is -0.384. The van der Waals surface area contributed by atoms with E-state index < -0.39 is 4.92 Å². The predicted molar refractivity (Wildman–Crippen MR) is 76.0 cm³/mol. The zero-order chi connectivity index (χ0) is 14.7. The molecule has 21 heavy (non-hydrogen) atoms. The molecule has 0 unspecified atom stereocenters. The van der Waals surface area contributed by atoms with Crippen LogP contribution in [0.2, 0.25) is 0 Å². The van der Waals surface area contributed by atoms with E-state index >= 15 is 0 Å². The number of anilines is 1. The van der Waals surface area contributed by atoms with Crippen molar-refractivity contribution in [2.75, 3.05) is 5.43 Å². The van der Waals surface area contributed by atoms with Crippen LogP contribution in [0, 0.1) is 10.1 Å². The Bertz CT molecular complexity index is 810. The Balaban J connectivity index is 1.75. The van der Waals surface area contributed by atoms with Crippen molar-refractivity contribution in [1.29, 1.82) is 0 Å². The molecule has 0 radical (unpaired) electrons. The molecule has 0 aliphatic heterocycles. The first kappa shape index (κ1) is 12.7. The molecule has 2 heterocycles. The molecule has 3 aromatic rings. The van der Waals surface area contributed by atoms with Gasteiger partial charge in [0.15, 0.2) is 11.5 Å². The summed E-state index contributed by atoms with van der Waals surface area (Å²) >= 11 is 0. The van der Waals surface area contributed by atoms with Gasteiger partial charge >= 0.3 is 0 Å². The average molecular weight is 283 g/mol. The van der Waals surface area contributed by atoms with Crippen molar-refractivity contribution in [3.8, 4) is 0 Å². The van der Waals surface area contributed by atoms with Gasteiger partial charge in [-0.2, -0.15) is 5.10 Å². The van der Waals surface area contributed by atoms with Crippen molar-refractivity contribution >= 4 is 28.9 Å². The quantitative estimate of drug-likeness (QED) is 0.427. The highest BCUT2D eigenvalue weighted by Gasteiger charge is 2.04. The summed E-state index contributed by atoms with van der Waals surface area (Å²) < 4.78 is 0. The molecule has 0 aliphatic carbocycles. The molecule has 0 fully saturated rings. The van der Waals surface area contributed by atoms with Crippen LogP contribution in [0.4, 0.5) is 11.5 Å². The van der Waals surface area contributed by atoms with E-state index in [0.717, 1.165) is 5.56 Å². The minimum absolute atomic E-state index is 0.0371. The molecule has 0 bridgehead atoms. The number of nitro benzene ring substituents is 1. The summed E-state index contributed by atoms with van der Waals surface area (Å²) in [4.78, 5) is 25.1. The van der Waals surface area contributed by atoms with Crippen molar-refractivity contribution < 1.29 is 4.92 Å². The summed E-state index contributed by atoms with van der Waals surface area (Å²) in [5, 5.41) is 14.6. The van der Waals surface area contributed by atoms with E-state index in [1.807, 2.05) is 0 Å².